The maximum absolute atomic E-state index is 11.9. The van der Waals surface area contributed by atoms with Gasteiger partial charge in [0.15, 0.2) is 0 Å². The highest BCUT2D eigenvalue weighted by molar-refractivity contribution is 5.88. The quantitative estimate of drug-likeness (QED) is 0.575. The van der Waals surface area contributed by atoms with Crippen LogP contribution in [0.5, 0.6) is 0 Å². The van der Waals surface area contributed by atoms with Crippen molar-refractivity contribution in [3.05, 3.63) is 0 Å². The molecule has 0 amide bonds. The van der Waals surface area contributed by atoms with Crippen LogP contribution in [0.4, 0.5) is 13.2 Å². The highest BCUT2D eigenvalue weighted by Gasteiger charge is 2.44. The van der Waals surface area contributed by atoms with E-state index < -0.39 is 24.1 Å². The lowest BCUT2D eigenvalue weighted by Gasteiger charge is -2.09. The maximum atomic E-state index is 11.9. The van der Waals surface area contributed by atoms with Gasteiger partial charge in [0.1, 0.15) is 0 Å². The Morgan fingerprint density at radius 2 is 2.31 bits per heavy atom. The van der Waals surface area contributed by atoms with Gasteiger partial charge in [0.25, 0.3) is 5.90 Å². The number of esters is 1. The molecular formula is C6H6F3NO3. The molecule has 0 saturated carbocycles. The van der Waals surface area contributed by atoms with Crippen molar-refractivity contribution >= 4 is 11.9 Å². The van der Waals surface area contributed by atoms with Crippen molar-refractivity contribution in [3.63, 3.8) is 0 Å². The van der Waals surface area contributed by atoms with Crippen molar-refractivity contribution in [2.75, 3.05) is 13.7 Å². The molecule has 13 heavy (non-hydrogen) atoms. The van der Waals surface area contributed by atoms with E-state index in [0.29, 0.717) is 0 Å². The summed E-state index contributed by atoms with van der Waals surface area (Å²) in [7, 11) is 1.07. The molecule has 0 aliphatic carbocycles. The first-order valence-corrected chi connectivity index (χ1v) is 3.31. The van der Waals surface area contributed by atoms with Crippen molar-refractivity contribution in [3.8, 4) is 0 Å². The number of hydrogen-bond donors (Lipinski definition) is 0. The lowest BCUT2D eigenvalue weighted by Crippen LogP contribution is -2.30. The molecule has 0 aromatic rings. The second-order valence-electron chi connectivity index (χ2n) is 2.27. The summed E-state index contributed by atoms with van der Waals surface area (Å²) >= 11 is 0. The van der Waals surface area contributed by atoms with Gasteiger partial charge in [0, 0.05) is 0 Å². The van der Waals surface area contributed by atoms with E-state index >= 15 is 0 Å². The zero-order valence-electron chi connectivity index (χ0n) is 6.59. The molecule has 1 heterocycles. The highest BCUT2D eigenvalue weighted by atomic mass is 19.4. The highest BCUT2D eigenvalue weighted by Crippen LogP contribution is 2.22. The number of nitrogens with zero attached hydrogens (tertiary/aromatic N) is 1. The molecule has 74 valence electrons. The fourth-order valence-corrected chi connectivity index (χ4v) is 0.786. The zero-order chi connectivity index (χ0) is 10.1. The smallest absolute Gasteiger partial charge is 0.466 e. The Hall–Kier alpha value is -1.27. The van der Waals surface area contributed by atoms with E-state index in [9.17, 15) is 18.0 Å². The van der Waals surface area contributed by atoms with Crippen LogP contribution < -0.4 is 0 Å². The number of hydrogen-bond acceptors (Lipinski definition) is 4. The number of carbonyl (C=O) groups excluding carboxylic acids is 1. The van der Waals surface area contributed by atoms with Gasteiger partial charge in [-0.3, -0.25) is 0 Å². The van der Waals surface area contributed by atoms with E-state index in [4.69, 9.17) is 0 Å². The first-order chi connectivity index (χ1) is 5.95. The lowest BCUT2D eigenvalue weighted by molar-refractivity contribution is -0.149. The molecule has 0 saturated heterocycles. The normalized spacial score (nSPS) is 22.2. The lowest BCUT2D eigenvalue weighted by atomic mass is 10.4. The molecule has 0 unspecified atom stereocenters. The molecule has 0 aromatic heterocycles. The second kappa shape index (κ2) is 3.23. The molecule has 0 radical (unpaired) electrons. The molecule has 1 aliphatic rings. The topological polar surface area (TPSA) is 47.9 Å². The minimum absolute atomic E-state index is 0.346. The summed E-state index contributed by atoms with van der Waals surface area (Å²) in [6, 6.07) is 0. The average Bonchev–Trinajstić information content (AvgIpc) is 2.50. The second-order valence-corrected chi connectivity index (χ2v) is 2.27. The Morgan fingerprint density at radius 3 is 2.69 bits per heavy atom. The first-order valence-electron chi connectivity index (χ1n) is 3.31. The van der Waals surface area contributed by atoms with Crippen LogP contribution >= 0.6 is 0 Å². The first kappa shape index (κ1) is 9.82. The number of rotatable bonds is 1. The standard InChI is InChI=1S/C6H6F3NO3/c1-12-4(11)3-2-10-5(13-3)6(7,8)9/h3H,2H2,1H3/t3-/m1/s1. The Labute approximate surface area is 71.3 Å². The summed E-state index contributed by atoms with van der Waals surface area (Å²) in [6.45, 7) is -0.346. The summed E-state index contributed by atoms with van der Waals surface area (Å²) < 4.78 is 44.1. The summed E-state index contributed by atoms with van der Waals surface area (Å²) in [5.74, 6) is -2.23. The number of carbonyl (C=O) groups is 1. The number of methoxy groups -OCH3 is 1. The molecule has 1 atom stereocenters. The van der Waals surface area contributed by atoms with Crippen LogP contribution in [0.25, 0.3) is 0 Å². The maximum Gasteiger partial charge on any atom is 0.468 e. The third-order valence-corrected chi connectivity index (χ3v) is 1.36. The van der Waals surface area contributed by atoms with E-state index in [2.05, 4.69) is 14.5 Å². The van der Waals surface area contributed by atoms with E-state index in [-0.39, 0.29) is 6.54 Å². The van der Waals surface area contributed by atoms with Crippen LogP contribution in [0.3, 0.4) is 0 Å². The monoisotopic (exact) mass is 197 g/mol. The van der Waals surface area contributed by atoms with E-state index in [1.807, 2.05) is 0 Å². The summed E-state index contributed by atoms with van der Waals surface area (Å²) in [5.41, 5.74) is 0. The van der Waals surface area contributed by atoms with E-state index in [1.165, 1.54) is 0 Å². The van der Waals surface area contributed by atoms with E-state index in [1.54, 1.807) is 0 Å². The Kier molecular flexibility index (Phi) is 2.44. The van der Waals surface area contributed by atoms with Gasteiger partial charge in [-0.15, -0.1) is 0 Å². The van der Waals surface area contributed by atoms with Gasteiger partial charge in [-0.1, -0.05) is 0 Å². The van der Waals surface area contributed by atoms with Crippen LogP contribution in [0.2, 0.25) is 0 Å². The summed E-state index contributed by atoms with van der Waals surface area (Å²) in [4.78, 5) is 13.7. The minimum atomic E-state index is -4.64. The Morgan fingerprint density at radius 1 is 1.69 bits per heavy atom. The Balaban J connectivity index is 2.57. The molecular weight excluding hydrogens is 191 g/mol. The van der Waals surface area contributed by atoms with Gasteiger partial charge in [-0.2, -0.15) is 13.2 Å². The van der Waals surface area contributed by atoms with Gasteiger partial charge in [-0.05, 0) is 0 Å². The number of alkyl halides is 3. The predicted octanol–water partition coefficient (Wildman–Crippen LogP) is 0.519. The van der Waals surface area contributed by atoms with Crippen molar-refractivity contribution in [2.45, 2.75) is 12.3 Å². The van der Waals surface area contributed by atoms with Gasteiger partial charge in [-0.25, -0.2) is 9.79 Å². The van der Waals surface area contributed by atoms with E-state index in [0.717, 1.165) is 7.11 Å². The largest absolute Gasteiger partial charge is 0.468 e. The molecule has 1 rings (SSSR count). The zero-order valence-corrected chi connectivity index (χ0v) is 6.59. The fraction of sp³-hybridized carbons (Fsp3) is 0.667. The number of aliphatic imine (C=N–C) groups is 1. The van der Waals surface area contributed by atoms with Crippen LogP contribution in [0.15, 0.2) is 4.99 Å². The Bertz CT molecular complexity index is 248. The number of ether oxygens (including phenoxy) is 2. The average molecular weight is 197 g/mol. The molecule has 7 heteroatoms. The fourth-order valence-electron chi connectivity index (χ4n) is 0.786. The molecule has 0 fully saturated rings. The van der Waals surface area contributed by atoms with Crippen LogP contribution in [-0.2, 0) is 14.3 Å². The third kappa shape index (κ3) is 2.10. The molecule has 0 spiro atoms. The SMILES string of the molecule is COC(=O)[C@H]1CN=C(C(F)(F)F)O1. The molecule has 0 N–H and O–H groups in total. The van der Waals surface area contributed by atoms with Crippen molar-refractivity contribution in [1.29, 1.82) is 0 Å². The van der Waals surface area contributed by atoms with Gasteiger partial charge in [0.2, 0.25) is 6.10 Å². The third-order valence-electron chi connectivity index (χ3n) is 1.36. The van der Waals surface area contributed by atoms with Crippen molar-refractivity contribution in [2.24, 2.45) is 4.99 Å². The molecule has 0 aromatic carbocycles. The van der Waals surface area contributed by atoms with Crippen molar-refractivity contribution in [1.82, 2.24) is 0 Å². The predicted molar refractivity (Wildman–Crippen MR) is 35.2 cm³/mol. The van der Waals surface area contributed by atoms with Crippen molar-refractivity contribution < 1.29 is 27.4 Å². The molecule has 4 nitrogen and oxygen atoms in total. The van der Waals surface area contributed by atoms with Gasteiger partial charge in [0.05, 0.1) is 13.7 Å². The summed E-state index contributed by atoms with van der Waals surface area (Å²) in [6.07, 6.45) is -5.90. The molecule has 0 bridgehead atoms. The molecule has 1 aliphatic heterocycles. The van der Waals surface area contributed by atoms with Gasteiger partial charge < -0.3 is 9.47 Å². The summed E-state index contributed by atoms with van der Waals surface area (Å²) in [5, 5.41) is 0. The number of halogens is 3. The van der Waals surface area contributed by atoms with Gasteiger partial charge >= 0.3 is 12.1 Å². The van der Waals surface area contributed by atoms with Crippen LogP contribution in [0, 0.1) is 0 Å². The minimum Gasteiger partial charge on any atom is -0.466 e. The van der Waals surface area contributed by atoms with Crippen LogP contribution in [-0.4, -0.2) is 37.8 Å². The van der Waals surface area contributed by atoms with Crippen LogP contribution in [0.1, 0.15) is 0 Å².